The second-order valence-corrected chi connectivity index (χ2v) is 4.68. The molecule has 0 atom stereocenters. The van der Waals surface area contributed by atoms with Gasteiger partial charge in [0.1, 0.15) is 11.3 Å². The monoisotopic (exact) mass is 279 g/mol. The summed E-state index contributed by atoms with van der Waals surface area (Å²) in [6.45, 7) is 1.88. The molecule has 104 valence electrons. The first kappa shape index (κ1) is 13.1. The third-order valence-electron chi connectivity index (χ3n) is 3.25. The second-order valence-electron chi connectivity index (χ2n) is 4.68. The van der Waals surface area contributed by atoms with Crippen LogP contribution in [0.5, 0.6) is 5.75 Å². The number of aromatic nitrogens is 2. The molecule has 5 heteroatoms. The van der Waals surface area contributed by atoms with E-state index in [2.05, 4.69) is 15.0 Å². The summed E-state index contributed by atoms with van der Waals surface area (Å²) in [7, 11) is 0. The highest BCUT2D eigenvalue weighted by Gasteiger charge is 2.10. The fraction of sp³-hybridized carbons (Fsp3) is 0.0625. The molecule has 0 saturated carbocycles. The van der Waals surface area contributed by atoms with Crippen LogP contribution in [0.4, 0.5) is 5.69 Å². The second kappa shape index (κ2) is 5.20. The van der Waals surface area contributed by atoms with E-state index in [1.54, 1.807) is 30.6 Å². The van der Waals surface area contributed by atoms with E-state index in [0.717, 1.165) is 5.56 Å². The first-order chi connectivity index (χ1) is 10.2. The zero-order valence-corrected chi connectivity index (χ0v) is 11.4. The number of aryl methyl sites for hydroxylation is 1. The molecule has 0 amide bonds. The molecule has 0 fully saturated rings. The van der Waals surface area contributed by atoms with Gasteiger partial charge in [0.15, 0.2) is 0 Å². The van der Waals surface area contributed by atoms with Gasteiger partial charge in [0.2, 0.25) is 0 Å². The van der Waals surface area contributed by atoms with E-state index in [-0.39, 0.29) is 16.9 Å². The first-order valence-electron chi connectivity index (χ1n) is 6.45. The number of aromatic hydroxyl groups is 1. The van der Waals surface area contributed by atoms with Crippen LogP contribution in [-0.2, 0) is 0 Å². The van der Waals surface area contributed by atoms with Crippen molar-refractivity contribution in [1.29, 1.82) is 0 Å². The van der Waals surface area contributed by atoms with E-state index in [4.69, 9.17) is 0 Å². The molecule has 2 heterocycles. The molecule has 0 bridgehead atoms. The third kappa shape index (κ3) is 2.41. The van der Waals surface area contributed by atoms with Crippen LogP contribution >= 0.6 is 0 Å². The lowest BCUT2D eigenvalue weighted by Crippen LogP contribution is -2.12. The summed E-state index contributed by atoms with van der Waals surface area (Å²) < 4.78 is 0. The number of rotatable bonds is 2. The van der Waals surface area contributed by atoms with Crippen LogP contribution in [-0.4, -0.2) is 21.3 Å². The van der Waals surface area contributed by atoms with E-state index in [9.17, 15) is 9.90 Å². The number of hydrogen-bond acceptors (Lipinski definition) is 4. The Morgan fingerprint density at radius 3 is 2.90 bits per heavy atom. The summed E-state index contributed by atoms with van der Waals surface area (Å²) in [5, 5.41) is 10.9. The zero-order chi connectivity index (χ0) is 14.8. The van der Waals surface area contributed by atoms with Crippen molar-refractivity contribution < 1.29 is 5.11 Å². The van der Waals surface area contributed by atoms with Gasteiger partial charge in [-0.05, 0) is 30.7 Å². The van der Waals surface area contributed by atoms with Crippen molar-refractivity contribution in [2.75, 3.05) is 0 Å². The Morgan fingerprint density at radius 2 is 2.14 bits per heavy atom. The average Bonchev–Trinajstić information content (AvgIpc) is 2.49. The molecular weight excluding hydrogens is 266 g/mol. The van der Waals surface area contributed by atoms with Crippen molar-refractivity contribution in [3.63, 3.8) is 0 Å². The van der Waals surface area contributed by atoms with Gasteiger partial charge >= 0.3 is 0 Å². The fourth-order valence-corrected chi connectivity index (χ4v) is 2.15. The molecule has 0 aliphatic carbocycles. The molecule has 1 aromatic carbocycles. The Bertz CT molecular complexity index is 883. The van der Waals surface area contributed by atoms with Crippen molar-refractivity contribution in [2.24, 2.45) is 4.99 Å². The van der Waals surface area contributed by atoms with Crippen molar-refractivity contribution in [3.8, 4) is 5.75 Å². The van der Waals surface area contributed by atoms with E-state index in [1.165, 1.54) is 6.21 Å². The van der Waals surface area contributed by atoms with Gasteiger partial charge in [-0.15, -0.1) is 0 Å². The largest absolute Gasteiger partial charge is 0.506 e. The lowest BCUT2D eigenvalue weighted by Gasteiger charge is -2.06. The maximum Gasteiger partial charge on any atom is 0.261 e. The van der Waals surface area contributed by atoms with Gasteiger partial charge in [0.05, 0.1) is 17.4 Å². The lowest BCUT2D eigenvalue weighted by atomic mass is 10.1. The Balaban J connectivity index is 2.16. The van der Waals surface area contributed by atoms with Crippen molar-refractivity contribution in [2.45, 2.75) is 6.92 Å². The van der Waals surface area contributed by atoms with E-state index < -0.39 is 0 Å². The first-order valence-corrected chi connectivity index (χ1v) is 6.45. The molecule has 0 radical (unpaired) electrons. The molecule has 0 aliphatic heterocycles. The van der Waals surface area contributed by atoms with Crippen molar-refractivity contribution in [3.05, 3.63) is 64.2 Å². The van der Waals surface area contributed by atoms with Crippen LogP contribution in [0.15, 0.2) is 52.5 Å². The minimum atomic E-state index is -0.373. The van der Waals surface area contributed by atoms with Crippen molar-refractivity contribution >= 4 is 22.8 Å². The van der Waals surface area contributed by atoms with Crippen molar-refractivity contribution in [1.82, 2.24) is 9.97 Å². The Hall–Kier alpha value is -2.95. The molecule has 2 aromatic heterocycles. The maximum absolute atomic E-state index is 12.1. The maximum atomic E-state index is 12.1. The van der Waals surface area contributed by atoms with Gasteiger partial charge in [-0.2, -0.15) is 0 Å². The van der Waals surface area contributed by atoms with Gasteiger partial charge in [0.25, 0.3) is 5.56 Å². The van der Waals surface area contributed by atoms with Crippen LogP contribution in [0.3, 0.4) is 0 Å². The van der Waals surface area contributed by atoms with Gasteiger partial charge in [-0.25, -0.2) is 0 Å². The topological polar surface area (TPSA) is 78.3 Å². The lowest BCUT2D eigenvalue weighted by molar-refractivity contribution is 0.479. The minimum Gasteiger partial charge on any atom is -0.506 e. The average molecular weight is 279 g/mol. The van der Waals surface area contributed by atoms with Gasteiger partial charge in [-0.1, -0.05) is 12.1 Å². The number of aromatic amines is 1. The van der Waals surface area contributed by atoms with Crippen LogP contribution in [0.1, 0.15) is 11.1 Å². The number of aliphatic imine (C=N–C) groups is 1. The van der Waals surface area contributed by atoms with E-state index in [0.29, 0.717) is 16.6 Å². The number of pyridine rings is 2. The molecular formula is C16H13N3O2. The summed E-state index contributed by atoms with van der Waals surface area (Å²) in [6, 6.07) is 8.98. The molecule has 21 heavy (non-hydrogen) atoms. The SMILES string of the molecule is Cc1cccc2c(O)c(C=Nc3cccnc3)c(=O)[nH]c12. The number of hydrogen-bond donors (Lipinski definition) is 2. The molecule has 0 saturated heterocycles. The number of para-hydroxylation sites is 1. The molecule has 0 aliphatic rings. The Morgan fingerprint density at radius 1 is 1.29 bits per heavy atom. The number of nitrogens with zero attached hydrogens (tertiary/aromatic N) is 2. The predicted octanol–water partition coefficient (Wildman–Crippen LogP) is 2.69. The fourth-order valence-electron chi connectivity index (χ4n) is 2.15. The van der Waals surface area contributed by atoms with Crippen LogP contribution < -0.4 is 5.56 Å². The molecule has 3 aromatic rings. The summed E-state index contributed by atoms with van der Waals surface area (Å²) in [4.78, 5) is 23.0. The van der Waals surface area contributed by atoms with E-state index in [1.807, 2.05) is 19.1 Å². The quantitative estimate of drug-likeness (QED) is 0.708. The smallest absolute Gasteiger partial charge is 0.261 e. The predicted molar refractivity (Wildman–Crippen MR) is 82.5 cm³/mol. The number of fused-ring (bicyclic) bond motifs is 1. The normalized spacial score (nSPS) is 11.3. The molecule has 0 spiro atoms. The molecule has 5 nitrogen and oxygen atoms in total. The standard InChI is InChI=1S/C16H13N3O2/c1-10-4-2-6-12-14(10)19-16(21)13(15(12)20)9-18-11-5-3-7-17-8-11/h2-9H,1H3,(H2,19,20,21). The van der Waals surface area contributed by atoms with Crippen LogP contribution in [0.25, 0.3) is 10.9 Å². The van der Waals surface area contributed by atoms with E-state index >= 15 is 0 Å². The molecule has 2 N–H and O–H groups in total. The zero-order valence-electron chi connectivity index (χ0n) is 11.4. The molecule has 0 unspecified atom stereocenters. The number of nitrogens with one attached hydrogen (secondary N) is 1. The Kier molecular flexibility index (Phi) is 3.23. The molecule has 3 rings (SSSR count). The number of H-pyrrole nitrogens is 1. The van der Waals surface area contributed by atoms with Crippen LogP contribution in [0.2, 0.25) is 0 Å². The highest BCUT2D eigenvalue weighted by Crippen LogP contribution is 2.25. The summed E-state index contributed by atoms with van der Waals surface area (Å²) in [5.74, 6) is -0.0647. The summed E-state index contributed by atoms with van der Waals surface area (Å²) in [6.07, 6.45) is 4.57. The highest BCUT2D eigenvalue weighted by molar-refractivity contribution is 5.96. The number of benzene rings is 1. The highest BCUT2D eigenvalue weighted by atomic mass is 16.3. The Labute approximate surface area is 120 Å². The van der Waals surface area contributed by atoms with Gasteiger partial charge < -0.3 is 10.1 Å². The minimum absolute atomic E-state index is 0.0647. The van der Waals surface area contributed by atoms with Gasteiger partial charge in [0, 0.05) is 17.8 Å². The van der Waals surface area contributed by atoms with Crippen LogP contribution in [0, 0.1) is 6.92 Å². The summed E-state index contributed by atoms with van der Waals surface area (Å²) in [5.41, 5.74) is 1.91. The summed E-state index contributed by atoms with van der Waals surface area (Å²) >= 11 is 0. The van der Waals surface area contributed by atoms with Gasteiger partial charge in [-0.3, -0.25) is 14.8 Å². The third-order valence-corrected chi connectivity index (χ3v) is 3.25.